The lowest BCUT2D eigenvalue weighted by molar-refractivity contribution is -0.141. The van der Waals surface area contributed by atoms with Crippen LogP contribution in [0.15, 0.2) is 47.4 Å². The van der Waals surface area contributed by atoms with Gasteiger partial charge in [0.25, 0.3) is 5.56 Å². The Balaban J connectivity index is 2.23. The molecule has 0 aliphatic carbocycles. The van der Waals surface area contributed by atoms with Gasteiger partial charge in [-0.05, 0) is 29.8 Å². The van der Waals surface area contributed by atoms with Crippen LogP contribution in [0.4, 0.5) is 13.2 Å². The van der Waals surface area contributed by atoms with Crippen molar-refractivity contribution in [2.75, 3.05) is 14.2 Å². The standard InChI is InChI=1S/C20H17F3N2O5/c1-29-13-6-3-11(4-7-13)14(9-16(26)30-2)17-18(27)24-15-8-5-12(20(21,22)23)10-25(15)19(17)28/h3-8,10,14,27H,9H2,1-2H3/t14-/m1/s1. The van der Waals surface area contributed by atoms with Gasteiger partial charge in [0.15, 0.2) is 0 Å². The van der Waals surface area contributed by atoms with E-state index in [1.807, 2.05) is 0 Å². The number of ether oxygens (including phenoxy) is 2. The molecule has 0 saturated carbocycles. The average Bonchev–Trinajstić information content (AvgIpc) is 2.72. The first-order valence-electron chi connectivity index (χ1n) is 8.69. The van der Waals surface area contributed by atoms with Crippen LogP contribution in [0.5, 0.6) is 11.6 Å². The van der Waals surface area contributed by atoms with Gasteiger partial charge in [0.05, 0.1) is 31.8 Å². The molecular formula is C20H17F3N2O5. The van der Waals surface area contributed by atoms with Crippen LogP contribution in [-0.2, 0) is 15.7 Å². The predicted molar refractivity (Wildman–Crippen MR) is 99.6 cm³/mol. The highest BCUT2D eigenvalue weighted by Gasteiger charge is 2.32. The molecule has 3 aromatic rings. The number of pyridine rings is 1. The summed E-state index contributed by atoms with van der Waals surface area (Å²) in [4.78, 5) is 28.9. The van der Waals surface area contributed by atoms with E-state index in [1.165, 1.54) is 7.11 Å². The summed E-state index contributed by atoms with van der Waals surface area (Å²) in [5, 5.41) is 10.4. The number of benzene rings is 1. The summed E-state index contributed by atoms with van der Waals surface area (Å²) in [6, 6.07) is 8.07. The number of hydrogen-bond acceptors (Lipinski definition) is 6. The molecule has 0 bridgehead atoms. The van der Waals surface area contributed by atoms with Crippen molar-refractivity contribution >= 4 is 11.6 Å². The zero-order valence-electron chi connectivity index (χ0n) is 15.9. The molecule has 0 aliphatic rings. The van der Waals surface area contributed by atoms with Crippen molar-refractivity contribution in [2.45, 2.75) is 18.5 Å². The molecule has 0 spiro atoms. The number of aromatic nitrogens is 2. The fourth-order valence-electron chi connectivity index (χ4n) is 3.09. The number of hydrogen-bond donors (Lipinski definition) is 1. The number of fused-ring (bicyclic) bond motifs is 1. The number of carbonyl (C=O) groups excluding carboxylic acids is 1. The highest BCUT2D eigenvalue weighted by Crippen LogP contribution is 2.33. The summed E-state index contributed by atoms with van der Waals surface area (Å²) in [7, 11) is 2.62. The fraction of sp³-hybridized carbons (Fsp3) is 0.250. The van der Waals surface area contributed by atoms with Crippen LogP contribution in [0.2, 0.25) is 0 Å². The average molecular weight is 422 g/mol. The Labute approximate surface area is 168 Å². The van der Waals surface area contributed by atoms with E-state index in [0.29, 0.717) is 21.9 Å². The molecule has 0 unspecified atom stereocenters. The van der Waals surface area contributed by atoms with Crippen molar-refractivity contribution in [3.63, 3.8) is 0 Å². The molecule has 0 amide bonds. The lowest BCUT2D eigenvalue weighted by Gasteiger charge is -2.18. The second-order valence-electron chi connectivity index (χ2n) is 6.40. The first-order valence-corrected chi connectivity index (χ1v) is 8.69. The largest absolute Gasteiger partial charge is 0.497 e. The first kappa shape index (κ1) is 21.2. The Morgan fingerprint density at radius 1 is 1.17 bits per heavy atom. The van der Waals surface area contributed by atoms with Crippen molar-refractivity contribution < 1.29 is 32.5 Å². The molecule has 0 radical (unpaired) electrons. The van der Waals surface area contributed by atoms with Gasteiger partial charge in [0.1, 0.15) is 11.4 Å². The van der Waals surface area contributed by atoms with Crippen LogP contribution in [0, 0.1) is 0 Å². The molecule has 3 rings (SSSR count). The first-order chi connectivity index (χ1) is 14.2. The summed E-state index contributed by atoms with van der Waals surface area (Å²) < 4.78 is 49.7. The molecule has 0 fully saturated rings. The van der Waals surface area contributed by atoms with Crippen molar-refractivity contribution in [1.82, 2.24) is 9.38 Å². The monoisotopic (exact) mass is 422 g/mol. The quantitative estimate of drug-likeness (QED) is 0.636. The summed E-state index contributed by atoms with van der Waals surface area (Å²) in [5.74, 6) is -1.84. The third-order valence-electron chi connectivity index (χ3n) is 4.63. The van der Waals surface area contributed by atoms with Crippen molar-refractivity contribution in [2.24, 2.45) is 0 Å². The fourth-order valence-corrected chi connectivity index (χ4v) is 3.09. The minimum absolute atomic E-state index is 0.166. The molecule has 158 valence electrons. The van der Waals surface area contributed by atoms with Crippen LogP contribution < -0.4 is 10.3 Å². The second-order valence-corrected chi connectivity index (χ2v) is 6.40. The van der Waals surface area contributed by atoms with Gasteiger partial charge in [-0.15, -0.1) is 0 Å². The Hall–Kier alpha value is -3.56. The maximum atomic E-state index is 13.1. The molecule has 1 N–H and O–H groups in total. The summed E-state index contributed by atoms with van der Waals surface area (Å²) >= 11 is 0. The van der Waals surface area contributed by atoms with Crippen molar-refractivity contribution in [1.29, 1.82) is 0 Å². The third-order valence-corrected chi connectivity index (χ3v) is 4.63. The van der Waals surface area contributed by atoms with Gasteiger partial charge in [0.2, 0.25) is 5.88 Å². The van der Waals surface area contributed by atoms with Crippen LogP contribution in [0.25, 0.3) is 5.65 Å². The third kappa shape index (κ3) is 4.07. The molecule has 1 aromatic carbocycles. The number of aromatic hydroxyl groups is 1. The molecule has 0 saturated heterocycles. The summed E-state index contributed by atoms with van der Waals surface area (Å²) in [5.41, 5.74) is -2.01. The van der Waals surface area contributed by atoms with E-state index in [0.717, 1.165) is 19.2 Å². The lowest BCUT2D eigenvalue weighted by atomic mass is 9.89. The SMILES string of the molecule is COC(=O)C[C@H](c1ccc(OC)cc1)c1c(O)nc2ccc(C(F)(F)F)cn2c1=O. The zero-order valence-corrected chi connectivity index (χ0v) is 15.9. The molecule has 2 heterocycles. The molecular weight excluding hydrogens is 405 g/mol. The Bertz CT molecular complexity index is 1140. The molecule has 2 aromatic heterocycles. The second kappa shape index (κ2) is 8.05. The molecule has 7 nitrogen and oxygen atoms in total. The van der Waals surface area contributed by atoms with Crippen LogP contribution in [-0.4, -0.2) is 34.7 Å². The van der Waals surface area contributed by atoms with Gasteiger partial charge in [0, 0.05) is 12.1 Å². The number of methoxy groups -OCH3 is 2. The molecule has 0 aliphatic heterocycles. The Morgan fingerprint density at radius 2 is 1.83 bits per heavy atom. The van der Waals surface area contributed by atoms with E-state index in [4.69, 9.17) is 4.74 Å². The van der Waals surface area contributed by atoms with Gasteiger partial charge in [-0.2, -0.15) is 18.2 Å². The number of alkyl halides is 3. The number of rotatable bonds is 5. The minimum atomic E-state index is -4.67. The number of halogens is 3. The Kier molecular flexibility index (Phi) is 5.68. The number of carbonyl (C=O) groups is 1. The zero-order chi connectivity index (χ0) is 22.1. The van der Waals surface area contributed by atoms with E-state index in [2.05, 4.69) is 9.72 Å². The van der Waals surface area contributed by atoms with Crippen molar-refractivity contribution in [3.05, 3.63) is 69.6 Å². The maximum absolute atomic E-state index is 13.1. The minimum Gasteiger partial charge on any atom is -0.497 e. The summed E-state index contributed by atoms with van der Waals surface area (Å²) in [6.45, 7) is 0. The van der Waals surface area contributed by atoms with Gasteiger partial charge >= 0.3 is 12.1 Å². The highest BCUT2D eigenvalue weighted by atomic mass is 19.4. The molecule has 1 atom stereocenters. The van der Waals surface area contributed by atoms with Gasteiger partial charge in [-0.1, -0.05) is 12.1 Å². The highest BCUT2D eigenvalue weighted by molar-refractivity contribution is 5.71. The normalized spacial score (nSPS) is 12.6. The van der Waals surface area contributed by atoms with Gasteiger partial charge < -0.3 is 14.6 Å². The van der Waals surface area contributed by atoms with E-state index >= 15 is 0 Å². The van der Waals surface area contributed by atoms with E-state index in [-0.39, 0.29) is 17.6 Å². The van der Waals surface area contributed by atoms with Crippen LogP contribution in [0.3, 0.4) is 0 Å². The van der Waals surface area contributed by atoms with E-state index in [1.54, 1.807) is 24.3 Å². The van der Waals surface area contributed by atoms with Gasteiger partial charge in [-0.3, -0.25) is 14.0 Å². The lowest BCUT2D eigenvalue weighted by Crippen LogP contribution is -2.25. The Morgan fingerprint density at radius 3 is 2.40 bits per heavy atom. The topological polar surface area (TPSA) is 90.1 Å². The summed E-state index contributed by atoms with van der Waals surface area (Å²) in [6.07, 6.45) is -4.40. The maximum Gasteiger partial charge on any atom is 0.417 e. The smallest absolute Gasteiger partial charge is 0.417 e. The van der Waals surface area contributed by atoms with E-state index in [9.17, 15) is 27.9 Å². The van der Waals surface area contributed by atoms with Crippen LogP contribution >= 0.6 is 0 Å². The van der Waals surface area contributed by atoms with Gasteiger partial charge in [-0.25, -0.2) is 0 Å². The van der Waals surface area contributed by atoms with Crippen molar-refractivity contribution in [3.8, 4) is 11.6 Å². The predicted octanol–water partition coefficient (Wildman–Crippen LogP) is 3.12. The van der Waals surface area contributed by atoms with Crippen LogP contribution in [0.1, 0.15) is 29.0 Å². The van der Waals surface area contributed by atoms with E-state index < -0.39 is 35.1 Å². The number of esters is 1. The molecule has 10 heteroatoms. The number of nitrogens with zero attached hydrogens (tertiary/aromatic N) is 2. The molecule has 30 heavy (non-hydrogen) atoms.